The number of esters is 1. The molecule has 0 fully saturated rings. The van der Waals surface area contributed by atoms with Crippen molar-refractivity contribution in [2.75, 3.05) is 31.5 Å². The quantitative estimate of drug-likeness (QED) is 0.0511. The monoisotopic (exact) mass is 741 g/mol. The van der Waals surface area contributed by atoms with E-state index in [1.807, 2.05) is 13.0 Å². The molecule has 0 radical (unpaired) electrons. The third-order valence-corrected chi connectivity index (χ3v) is 11.0. The average Bonchev–Trinajstić information content (AvgIpc) is 3.33. The van der Waals surface area contributed by atoms with Gasteiger partial charge in [-0.15, -0.1) is 23.1 Å². The van der Waals surface area contributed by atoms with Gasteiger partial charge in [0.05, 0.1) is 31.6 Å². The van der Waals surface area contributed by atoms with Crippen LogP contribution in [0.4, 0.5) is 10.7 Å². The van der Waals surface area contributed by atoms with Crippen molar-refractivity contribution >= 4 is 63.6 Å². The van der Waals surface area contributed by atoms with Crippen LogP contribution in [0, 0.1) is 0 Å². The third kappa shape index (κ3) is 9.62. The molecular weight excluding hydrogens is 699 g/mol. The van der Waals surface area contributed by atoms with E-state index in [0.717, 1.165) is 47.4 Å². The molecule has 272 valence electrons. The highest BCUT2D eigenvalue weighted by molar-refractivity contribution is 8.00. The van der Waals surface area contributed by atoms with Crippen LogP contribution in [0.25, 0.3) is 6.08 Å². The summed E-state index contributed by atoms with van der Waals surface area (Å²) in [6.07, 6.45) is 6.88. The zero-order valence-corrected chi connectivity index (χ0v) is 31.3. The number of fused-ring (bicyclic) bond motifs is 1. The van der Waals surface area contributed by atoms with Gasteiger partial charge in [0.2, 0.25) is 5.91 Å². The number of anilines is 2. The van der Waals surface area contributed by atoms with Crippen molar-refractivity contribution < 1.29 is 33.4 Å². The molecule has 10 nitrogen and oxygen atoms in total. The standard InChI is InChI=1S/C40H43N3O7S2/c1-5-33(38(46)43-39-35(40(47)50-6-2)30-18-11-8-12-19-34(30)52-39)51-29-17-13-16-27(24-29)41-37(45)31(42-36(44)25-14-9-7-10-15-25)23-26-22-28(48-3)20-21-32(26)49-4/h7,9-10,13-17,20-24,33H,5-6,8,11-12,18-19H2,1-4H3,(H,41,45)(H,42,44)(H,43,46)/b31-23+. The summed E-state index contributed by atoms with van der Waals surface area (Å²) in [4.78, 5) is 55.6. The summed E-state index contributed by atoms with van der Waals surface area (Å²) in [6.45, 7) is 3.96. The summed E-state index contributed by atoms with van der Waals surface area (Å²) in [7, 11) is 3.05. The first-order valence-corrected chi connectivity index (χ1v) is 18.9. The van der Waals surface area contributed by atoms with E-state index >= 15 is 0 Å². The third-order valence-electron chi connectivity index (χ3n) is 8.44. The molecule has 1 heterocycles. The summed E-state index contributed by atoms with van der Waals surface area (Å²) in [5.41, 5.74) is 2.84. The Hall–Kier alpha value is -5.07. The number of aryl methyl sites for hydroxylation is 1. The number of ether oxygens (including phenoxy) is 3. The molecule has 5 rings (SSSR count). The topological polar surface area (TPSA) is 132 Å². The molecule has 4 aromatic rings. The van der Waals surface area contributed by atoms with Gasteiger partial charge in [-0.05, 0) is 99.2 Å². The molecule has 52 heavy (non-hydrogen) atoms. The lowest BCUT2D eigenvalue weighted by molar-refractivity contribution is -0.116. The lowest BCUT2D eigenvalue weighted by atomic mass is 10.1. The van der Waals surface area contributed by atoms with E-state index in [-0.39, 0.29) is 18.2 Å². The number of hydrogen-bond donors (Lipinski definition) is 3. The molecule has 3 amide bonds. The van der Waals surface area contributed by atoms with Gasteiger partial charge in [0.25, 0.3) is 11.8 Å². The predicted molar refractivity (Wildman–Crippen MR) is 207 cm³/mol. The van der Waals surface area contributed by atoms with Crippen molar-refractivity contribution in [2.24, 2.45) is 0 Å². The van der Waals surface area contributed by atoms with Crippen LogP contribution >= 0.6 is 23.1 Å². The number of amides is 3. The number of nitrogens with one attached hydrogen (secondary N) is 3. The van der Waals surface area contributed by atoms with Crippen molar-refractivity contribution in [3.05, 3.63) is 106 Å². The van der Waals surface area contributed by atoms with Gasteiger partial charge in [0, 0.05) is 26.6 Å². The molecule has 12 heteroatoms. The van der Waals surface area contributed by atoms with Crippen LogP contribution in [-0.2, 0) is 27.2 Å². The second-order valence-corrected chi connectivity index (χ2v) is 14.3. The van der Waals surface area contributed by atoms with E-state index in [0.29, 0.717) is 45.3 Å². The van der Waals surface area contributed by atoms with Gasteiger partial charge >= 0.3 is 5.97 Å². The fourth-order valence-electron chi connectivity index (χ4n) is 5.82. The Kier molecular flexibility index (Phi) is 13.5. The Morgan fingerprint density at radius 1 is 0.885 bits per heavy atom. The van der Waals surface area contributed by atoms with E-state index in [9.17, 15) is 19.2 Å². The summed E-state index contributed by atoms with van der Waals surface area (Å²) in [5.74, 6) is -0.616. The summed E-state index contributed by atoms with van der Waals surface area (Å²) in [5, 5.41) is 8.76. The molecule has 3 N–H and O–H groups in total. The molecule has 0 spiro atoms. The van der Waals surface area contributed by atoms with Gasteiger partial charge in [-0.1, -0.05) is 37.6 Å². The summed E-state index contributed by atoms with van der Waals surface area (Å²) in [6, 6.07) is 20.9. The van der Waals surface area contributed by atoms with Gasteiger partial charge in [-0.3, -0.25) is 14.4 Å². The second-order valence-electron chi connectivity index (χ2n) is 12.0. The normalized spacial score (nSPS) is 13.2. The number of carbonyl (C=O) groups is 4. The highest BCUT2D eigenvalue weighted by atomic mass is 32.2. The first-order chi connectivity index (χ1) is 25.2. The molecule has 0 saturated carbocycles. The second kappa shape index (κ2) is 18.4. The van der Waals surface area contributed by atoms with Crippen LogP contribution in [0.15, 0.2) is 83.4 Å². The molecule has 0 aliphatic heterocycles. The molecule has 0 bridgehead atoms. The first kappa shape index (κ1) is 38.2. The number of thioether (sulfide) groups is 1. The van der Waals surface area contributed by atoms with Gasteiger partial charge in [-0.2, -0.15) is 0 Å². The van der Waals surface area contributed by atoms with Crippen LogP contribution in [0.2, 0.25) is 0 Å². The Balaban J connectivity index is 1.35. The maximum absolute atomic E-state index is 13.8. The highest BCUT2D eigenvalue weighted by Gasteiger charge is 2.28. The highest BCUT2D eigenvalue weighted by Crippen LogP contribution is 2.39. The number of hydrogen-bond acceptors (Lipinski definition) is 9. The predicted octanol–water partition coefficient (Wildman–Crippen LogP) is 8.13. The Morgan fingerprint density at radius 2 is 1.67 bits per heavy atom. The molecule has 1 unspecified atom stereocenters. The minimum atomic E-state index is -0.565. The molecule has 1 aromatic heterocycles. The van der Waals surface area contributed by atoms with Gasteiger partial charge in [0.15, 0.2) is 0 Å². The van der Waals surface area contributed by atoms with Crippen molar-refractivity contribution in [3.63, 3.8) is 0 Å². The van der Waals surface area contributed by atoms with Crippen molar-refractivity contribution in [1.29, 1.82) is 0 Å². The molecule has 1 atom stereocenters. The molecule has 1 aliphatic carbocycles. The summed E-state index contributed by atoms with van der Waals surface area (Å²) >= 11 is 2.83. The largest absolute Gasteiger partial charge is 0.497 e. The SMILES string of the molecule is CCOC(=O)c1c(NC(=O)C(CC)Sc2cccc(NC(=O)/C(=C\c3cc(OC)ccc3OC)NC(=O)c3ccccc3)c2)sc2c1CCCCC2. The molecule has 0 saturated heterocycles. The van der Waals surface area contributed by atoms with Gasteiger partial charge < -0.3 is 30.2 Å². The van der Waals surface area contributed by atoms with Crippen LogP contribution in [-0.4, -0.2) is 49.8 Å². The first-order valence-electron chi connectivity index (χ1n) is 17.2. The maximum atomic E-state index is 13.8. The minimum absolute atomic E-state index is 0.0176. The van der Waals surface area contributed by atoms with E-state index in [1.165, 1.54) is 43.4 Å². The van der Waals surface area contributed by atoms with E-state index in [2.05, 4.69) is 16.0 Å². The van der Waals surface area contributed by atoms with Gasteiger partial charge in [0.1, 0.15) is 22.2 Å². The Bertz CT molecular complexity index is 1940. The van der Waals surface area contributed by atoms with Crippen molar-refractivity contribution in [3.8, 4) is 11.5 Å². The fourth-order valence-corrected chi connectivity index (χ4v) is 8.12. The number of thiophene rings is 1. The Morgan fingerprint density at radius 3 is 2.40 bits per heavy atom. The van der Waals surface area contributed by atoms with Gasteiger partial charge in [-0.25, -0.2) is 4.79 Å². The average molecular weight is 742 g/mol. The van der Waals surface area contributed by atoms with Crippen LogP contribution < -0.4 is 25.4 Å². The zero-order valence-electron chi connectivity index (χ0n) is 29.7. The van der Waals surface area contributed by atoms with Crippen LogP contribution in [0.3, 0.4) is 0 Å². The van der Waals surface area contributed by atoms with E-state index < -0.39 is 23.0 Å². The fraction of sp³-hybridized carbons (Fsp3) is 0.300. The van der Waals surface area contributed by atoms with E-state index in [4.69, 9.17) is 14.2 Å². The molecular formula is C40H43N3O7S2. The van der Waals surface area contributed by atoms with E-state index in [1.54, 1.807) is 73.7 Å². The lowest BCUT2D eigenvalue weighted by Crippen LogP contribution is -2.30. The summed E-state index contributed by atoms with van der Waals surface area (Å²) < 4.78 is 16.3. The van der Waals surface area contributed by atoms with Crippen molar-refractivity contribution in [2.45, 2.75) is 62.5 Å². The lowest BCUT2D eigenvalue weighted by Gasteiger charge is -2.16. The molecule has 1 aliphatic rings. The van der Waals surface area contributed by atoms with Crippen molar-refractivity contribution in [1.82, 2.24) is 5.32 Å². The number of methoxy groups -OCH3 is 2. The minimum Gasteiger partial charge on any atom is -0.497 e. The number of rotatable bonds is 14. The number of carbonyl (C=O) groups excluding carboxylic acids is 4. The van der Waals surface area contributed by atoms with Crippen LogP contribution in [0.1, 0.15) is 76.3 Å². The zero-order chi connectivity index (χ0) is 37.0. The number of benzene rings is 3. The Labute approximate surface area is 312 Å². The maximum Gasteiger partial charge on any atom is 0.341 e. The van der Waals surface area contributed by atoms with Crippen LogP contribution in [0.5, 0.6) is 11.5 Å². The molecule has 3 aromatic carbocycles. The smallest absolute Gasteiger partial charge is 0.341 e.